The predicted molar refractivity (Wildman–Crippen MR) is 96.4 cm³/mol. The van der Waals surface area contributed by atoms with Crippen LogP contribution in [0.2, 0.25) is 24.7 Å². The van der Waals surface area contributed by atoms with E-state index >= 15 is 0 Å². The molecule has 0 saturated carbocycles. The van der Waals surface area contributed by atoms with Gasteiger partial charge in [0, 0.05) is 18.1 Å². The average Bonchev–Trinajstić information content (AvgIpc) is 2.36. The van der Waals surface area contributed by atoms with Crippen LogP contribution in [0.3, 0.4) is 0 Å². The second kappa shape index (κ2) is 5.65. The molecule has 2 fully saturated rings. The summed E-state index contributed by atoms with van der Waals surface area (Å²) in [5, 5.41) is 0.531. The van der Waals surface area contributed by atoms with Crippen molar-refractivity contribution in [2.24, 2.45) is 0 Å². The van der Waals surface area contributed by atoms with Crippen molar-refractivity contribution in [2.75, 3.05) is 33.4 Å². The number of nitrogens with zero attached hydrogens (tertiary/aromatic N) is 2. The summed E-state index contributed by atoms with van der Waals surface area (Å²) in [6.07, 6.45) is 7.10. The maximum Gasteiger partial charge on any atom is 0.135 e. The lowest BCUT2D eigenvalue weighted by atomic mass is 9.77. The van der Waals surface area contributed by atoms with Crippen LogP contribution < -0.4 is 0 Å². The third kappa shape index (κ3) is 2.86. The van der Waals surface area contributed by atoms with Crippen molar-refractivity contribution >= 4 is 8.07 Å². The quantitative estimate of drug-likeness (QED) is 0.546. The molecule has 0 aromatic carbocycles. The van der Waals surface area contributed by atoms with E-state index < -0.39 is 8.07 Å². The molecule has 21 heavy (non-hydrogen) atoms. The average molecular weight is 312 g/mol. The Labute approximate surface area is 134 Å². The standard InChI is InChI=1S/C18H39N2Si/c1-17(2)18(3,21(5,6)7)12-11-15-20(17,4)16-19-13-9-8-10-14-19/h8-16H2,1-7H3/q+1. The minimum atomic E-state index is -1.20. The Morgan fingerprint density at radius 3 is 2.05 bits per heavy atom. The third-order valence-corrected chi connectivity index (χ3v) is 11.8. The van der Waals surface area contributed by atoms with Crippen molar-refractivity contribution in [1.29, 1.82) is 0 Å². The fraction of sp³-hybridized carbons (Fsp3) is 1.00. The molecule has 0 aromatic rings. The molecule has 2 aliphatic rings. The van der Waals surface area contributed by atoms with Gasteiger partial charge in [-0.2, -0.15) is 0 Å². The smallest absolute Gasteiger partial charge is 0.135 e. The lowest BCUT2D eigenvalue weighted by Gasteiger charge is -2.64. The summed E-state index contributed by atoms with van der Waals surface area (Å²) < 4.78 is 1.26. The van der Waals surface area contributed by atoms with E-state index in [-0.39, 0.29) is 0 Å². The number of piperidine rings is 2. The van der Waals surface area contributed by atoms with Gasteiger partial charge in [0.1, 0.15) is 6.67 Å². The summed E-state index contributed by atoms with van der Waals surface area (Å²) in [7, 11) is 1.34. The van der Waals surface area contributed by atoms with E-state index in [0.717, 1.165) is 0 Å². The summed E-state index contributed by atoms with van der Waals surface area (Å²) in [4.78, 5) is 2.75. The summed E-state index contributed by atoms with van der Waals surface area (Å²) in [5.41, 5.74) is 0.382. The van der Waals surface area contributed by atoms with Crippen molar-refractivity contribution in [1.82, 2.24) is 4.90 Å². The van der Waals surface area contributed by atoms with E-state index in [1.807, 2.05) is 0 Å². The van der Waals surface area contributed by atoms with Gasteiger partial charge in [-0.3, -0.25) is 4.90 Å². The number of likely N-dealkylation sites (tertiary alicyclic amines) is 2. The minimum absolute atomic E-state index is 0.382. The van der Waals surface area contributed by atoms with E-state index in [9.17, 15) is 0 Å². The Morgan fingerprint density at radius 1 is 0.952 bits per heavy atom. The molecule has 0 amide bonds. The van der Waals surface area contributed by atoms with E-state index in [1.54, 1.807) is 0 Å². The largest absolute Gasteiger partial charge is 0.309 e. The van der Waals surface area contributed by atoms with Crippen LogP contribution >= 0.6 is 0 Å². The van der Waals surface area contributed by atoms with Crippen LogP contribution in [0.5, 0.6) is 0 Å². The molecule has 2 saturated heterocycles. The molecule has 0 radical (unpaired) electrons. The maximum absolute atomic E-state index is 2.75. The maximum atomic E-state index is 2.75. The van der Waals surface area contributed by atoms with Gasteiger partial charge in [-0.05, 0) is 39.5 Å². The molecule has 0 aliphatic carbocycles. The number of hydrogen-bond donors (Lipinski definition) is 0. The van der Waals surface area contributed by atoms with Gasteiger partial charge in [0.15, 0.2) is 0 Å². The van der Waals surface area contributed by atoms with Gasteiger partial charge in [0.2, 0.25) is 0 Å². The second-order valence-electron chi connectivity index (χ2n) is 9.68. The van der Waals surface area contributed by atoms with Crippen molar-refractivity contribution in [3.63, 3.8) is 0 Å². The number of quaternary nitrogens is 1. The zero-order valence-corrected chi connectivity index (χ0v) is 16.8. The first-order valence-electron chi connectivity index (χ1n) is 9.11. The molecule has 3 heteroatoms. The van der Waals surface area contributed by atoms with Crippen LogP contribution in [0, 0.1) is 0 Å². The van der Waals surface area contributed by atoms with Crippen molar-refractivity contribution in [2.45, 2.75) is 83.1 Å². The molecule has 0 spiro atoms. The molecule has 2 heterocycles. The van der Waals surface area contributed by atoms with Gasteiger partial charge >= 0.3 is 0 Å². The molecule has 2 aliphatic heterocycles. The van der Waals surface area contributed by atoms with Crippen LogP contribution in [0.25, 0.3) is 0 Å². The fourth-order valence-electron chi connectivity index (χ4n) is 5.05. The molecule has 2 rings (SSSR count). The summed E-state index contributed by atoms with van der Waals surface area (Å²) >= 11 is 0. The van der Waals surface area contributed by atoms with E-state index in [4.69, 9.17) is 0 Å². The third-order valence-electron chi connectivity index (χ3n) is 7.64. The molecule has 2 nitrogen and oxygen atoms in total. The molecule has 0 aromatic heterocycles. The molecular weight excluding hydrogens is 272 g/mol. The van der Waals surface area contributed by atoms with Crippen LogP contribution in [0.15, 0.2) is 0 Å². The predicted octanol–water partition coefficient (Wildman–Crippen LogP) is 4.55. The first-order chi connectivity index (χ1) is 9.54. The highest BCUT2D eigenvalue weighted by Crippen LogP contribution is 2.58. The minimum Gasteiger partial charge on any atom is -0.309 e. The lowest BCUT2D eigenvalue weighted by molar-refractivity contribution is -0.972. The monoisotopic (exact) mass is 311 g/mol. The topological polar surface area (TPSA) is 3.24 Å². The summed E-state index contributed by atoms with van der Waals surface area (Å²) in [6, 6.07) is 0. The van der Waals surface area contributed by atoms with Gasteiger partial charge in [0.05, 0.1) is 27.2 Å². The first kappa shape index (κ1) is 17.5. The zero-order valence-electron chi connectivity index (χ0n) is 15.8. The fourth-order valence-corrected chi connectivity index (χ4v) is 8.08. The normalized spacial score (nSPS) is 38.4. The first-order valence-corrected chi connectivity index (χ1v) is 12.6. The highest BCUT2D eigenvalue weighted by molar-refractivity contribution is 6.79. The Bertz CT molecular complexity index is 368. The van der Waals surface area contributed by atoms with Gasteiger partial charge in [-0.1, -0.05) is 33.0 Å². The van der Waals surface area contributed by atoms with E-state index in [2.05, 4.69) is 52.4 Å². The number of hydrogen-bond acceptors (Lipinski definition) is 1. The van der Waals surface area contributed by atoms with Gasteiger partial charge < -0.3 is 4.48 Å². The Morgan fingerprint density at radius 2 is 1.52 bits per heavy atom. The van der Waals surface area contributed by atoms with Crippen LogP contribution in [-0.4, -0.2) is 56.3 Å². The van der Waals surface area contributed by atoms with Crippen LogP contribution in [-0.2, 0) is 0 Å². The van der Waals surface area contributed by atoms with E-state index in [0.29, 0.717) is 10.6 Å². The molecule has 2 atom stereocenters. The van der Waals surface area contributed by atoms with Gasteiger partial charge in [-0.25, -0.2) is 0 Å². The van der Waals surface area contributed by atoms with Crippen molar-refractivity contribution < 1.29 is 4.48 Å². The molecule has 0 bridgehead atoms. The molecule has 124 valence electrons. The van der Waals surface area contributed by atoms with Gasteiger partial charge in [0.25, 0.3) is 0 Å². The number of rotatable bonds is 3. The van der Waals surface area contributed by atoms with Crippen molar-refractivity contribution in [3.8, 4) is 0 Å². The van der Waals surface area contributed by atoms with Crippen LogP contribution in [0.1, 0.15) is 52.9 Å². The second-order valence-corrected chi connectivity index (χ2v) is 15.3. The van der Waals surface area contributed by atoms with Crippen LogP contribution in [0.4, 0.5) is 0 Å². The summed E-state index contributed by atoms with van der Waals surface area (Å²) in [6.45, 7) is 20.8. The van der Waals surface area contributed by atoms with Crippen molar-refractivity contribution in [3.05, 3.63) is 0 Å². The summed E-state index contributed by atoms with van der Waals surface area (Å²) in [5.74, 6) is 0. The highest BCUT2D eigenvalue weighted by atomic mass is 28.3. The Balaban J connectivity index is 2.25. The van der Waals surface area contributed by atoms with Gasteiger partial charge in [-0.15, -0.1) is 0 Å². The molecule has 0 N–H and O–H groups in total. The SMILES string of the molecule is CC1(C)C(C)([Si](C)(C)C)CCC[N+]1(C)CN1CCCCC1. The molecular formula is C18H39N2Si+. The highest BCUT2D eigenvalue weighted by Gasteiger charge is 2.61. The Kier molecular flexibility index (Phi) is 4.70. The Hall–Kier alpha value is 0.137. The van der Waals surface area contributed by atoms with E-state index in [1.165, 1.54) is 62.9 Å². The zero-order chi connectivity index (χ0) is 15.9. The lowest BCUT2D eigenvalue weighted by Crippen LogP contribution is -2.72. The molecule has 2 unspecified atom stereocenters.